The maximum Gasteiger partial charge on any atom is 0.126 e. The lowest BCUT2D eigenvalue weighted by atomic mass is 9.98. The molecule has 1 unspecified atom stereocenters. The van der Waals surface area contributed by atoms with E-state index in [1.54, 1.807) is 6.07 Å². The molecule has 0 aromatic heterocycles. The molecule has 0 spiro atoms. The van der Waals surface area contributed by atoms with Crippen LogP contribution >= 0.6 is 11.6 Å². The summed E-state index contributed by atoms with van der Waals surface area (Å²) >= 11 is 6.15. The Hall–Kier alpha value is -1.45. The molecule has 2 aromatic carbocycles. The Bertz CT molecular complexity index is 564. The molecule has 0 heterocycles. The largest absolute Gasteiger partial charge is 0.320 e. The van der Waals surface area contributed by atoms with E-state index < -0.39 is 17.7 Å². The first-order chi connectivity index (χ1) is 8.49. The third-order valence-corrected chi connectivity index (χ3v) is 3.32. The van der Waals surface area contributed by atoms with Gasteiger partial charge in [-0.1, -0.05) is 29.8 Å². The first-order valence-corrected chi connectivity index (χ1v) is 5.83. The Morgan fingerprint density at radius 2 is 1.72 bits per heavy atom. The zero-order chi connectivity index (χ0) is 13.3. The minimum absolute atomic E-state index is 0.361. The molecule has 0 saturated carbocycles. The standard InChI is InChI=1S/C14H12ClF2N/c1-8-3-2-4-12(13(8)15)14(18)9-5-10(16)7-11(17)6-9/h2-7,14H,18H2,1H3. The molecule has 0 saturated heterocycles. The molecule has 18 heavy (non-hydrogen) atoms. The number of hydrogen-bond donors (Lipinski definition) is 1. The van der Waals surface area contributed by atoms with Crippen LogP contribution in [0.15, 0.2) is 36.4 Å². The van der Waals surface area contributed by atoms with E-state index in [4.69, 9.17) is 17.3 Å². The molecule has 0 aliphatic rings. The highest BCUT2D eigenvalue weighted by Gasteiger charge is 2.15. The smallest absolute Gasteiger partial charge is 0.126 e. The van der Waals surface area contributed by atoms with Gasteiger partial charge in [-0.05, 0) is 35.7 Å². The lowest BCUT2D eigenvalue weighted by Gasteiger charge is -2.15. The van der Waals surface area contributed by atoms with Crippen molar-refractivity contribution in [1.82, 2.24) is 0 Å². The van der Waals surface area contributed by atoms with Crippen molar-refractivity contribution < 1.29 is 8.78 Å². The van der Waals surface area contributed by atoms with E-state index in [0.717, 1.165) is 11.6 Å². The van der Waals surface area contributed by atoms with E-state index in [1.807, 2.05) is 19.1 Å². The fraction of sp³-hybridized carbons (Fsp3) is 0.143. The lowest BCUT2D eigenvalue weighted by Crippen LogP contribution is -2.13. The molecule has 0 radical (unpaired) electrons. The maximum atomic E-state index is 13.2. The Morgan fingerprint density at radius 1 is 1.11 bits per heavy atom. The topological polar surface area (TPSA) is 26.0 Å². The van der Waals surface area contributed by atoms with Crippen LogP contribution in [0.5, 0.6) is 0 Å². The number of aryl methyl sites for hydroxylation is 1. The van der Waals surface area contributed by atoms with Gasteiger partial charge in [0.1, 0.15) is 11.6 Å². The summed E-state index contributed by atoms with van der Waals surface area (Å²) in [5, 5.41) is 0.523. The first kappa shape index (κ1) is 13.0. The zero-order valence-electron chi connectivity index (χ0n) is 9.75. The van der Waals surface area contributed by atoms with E-state index in [0.29, 0.717) is 16.1 Å². The second kappa shape index (κ2) is 5.04. The highest BCUT2D eigenvalue weighted by molar-refractivity contribution is 6.32. The van der Waals surface area contributed by atoms with Crippen LogP contribution in [0.2, 0.25) is 5.02 Å². The van der Waals surface area contributed by atoms with Gasteiger partial charge in [0.15, 0.2) is 0 Å². The summed E-state index contributed by atoms with van der Waals surface area (Å²) in [5.41, 5.74) is 7.90. The summed E-state index contributed by atoms with van der Waals surface area (Å²) in [6, 6.07) is 8.01. The van der Waals surface area contributed by atoms with Crippen molar-refractivity contribution in [3.8, 4) is 0 Å². The van der Waals surface area contributed by atoms with Gasteiger partial charge in [0, 0.05) is 11.1 Å². The zero-order valence-corrected chi connectivity index (χ0v) is 10.5. The predicted molar refractivity (Wildman–Crippen MR) is 68.6 cm³/mol. The van der Waals surface area contributed by atoms with Crippen LogP contribution in [0.1, 0.15) is 22.7 Å². The number of hydrogen-bond acceptors (Lipinski definition) is 1. The molecule has 0 aliphatic carbocycles. The van der Waals surface area contributed by atoms with E-state index in [-0.39, 0.29) is 0 Å². The van der Waals surface area contributed by atoms with Crippen LogP contribution in [0.3, 0.4) is 0 Å². The SMILES string of the molecule is Cc1cccc(C(N)c2cc(F)cc(F)c2)c1Cl. The molecule has 2 aromatic rings. The summed E-state index contributed by atoms with van der Waals surface area (Å²) < 4.78 is 26.3. The first-order valence-electron chi connectivity index (χ1n) is 5.45. The van der Waals surface area contributed by atoms with Crippen LogP contribution in [0, 0.1) is 18.6 Å². The monoisotopic (exact) mass is 267 g/mol. The van der Waals surface area contributed by atoms with Gasteiger partial charge in [-0.3, -0.25) is 0 Å². The normalized spacial score (nSPS) is 12.5. The van der Waals surface area contributed by atoms with E-state index >= 15 is 0 Å². The van der Waals surface area contributed by atoms with Gasteiger partial charge in [0.25, 0.3) is 0 Å². The van der Waals surface area contributed by atoms with Crippen LogP contribution in [0.4, 0.5) is 8.78 Å². The number of rotatable bonds is 2. The Balaban J connectivity index is 2.47. The summed E-state index contributed by atoms with van der Waals surface area (Å²) in [6.07, 6.45) is 0. The van der Waals surface area contributed by atoms with E-state index in [9.17, 15) is 8.78 Å². The quantitative estimate of drug-likeness (QED) is 0.875. The van der Waals surface area contributed by atoms with Gasteiger partial charge in [0.05, 0.1) is 6.04 Å². The van der Waals surface area contributed by atoms with Gasteiger partial charge in [-0.2, -0.15) is 0 Å². The van der Waals surface area contributed by atoms with Crippen LogP contribution in [-0.2, 0) is 0 Å². The average molecular weight is 268 g/mol. The molecule has 0 fully saturated rings. The second-order valence-electron chi connectivity index (χ2n) is 4.16. The molecule has 4 heteroatoms. The molecule has 0 amide bonds. The number of nitrogens with two attached hydrogens (primary N) is 1. The van der Waals surface area contributed by atoms with Crippen LogP contribution < -0.4 is 5.73 Å². The van der Waals surface area contributed by atoms with Crippen molar-refractivity contribution in [1.29, 1.82) is 0 Å². The van der Waals surface area contributed by atoms with Gasteiger partial charge in [-0.15, -0.1) is 0 Å². The summed E-state index contributed by atoms with van der Waals surface area (Å²) in [7, 11) is 0. The number of halogens is 3. The van der Waals surface area contributed by atoms with Gasteiger partial charge in [0.2, 0.25) is 0 Å². The molecule has 2 rings (SSSR count). The minimum atomic E-state index is -0.650. The van der Waals surface area contributed by atoms with Crippen molar-refractivity contribution in [2.24, 2.45) is 5.73 Å². The van der Waals surface area contributed by atoms with Gasteiger partial charge >= 0.3 is 0 Å². The highest BCUT2D eigenvalue weighted by Crippen LogP contribution is 2.29. The molecule has 1 atom stereocenters. The van der Waals surface area contributed by atoms with Crippen LogP contribution in [-0.4, -0.2) is 0 Å². The molecule has 0 bridgehead atoms. The third kappa shape index (κ3) is 2.52. The Labute approximate surface area is 109 Å². The molecular weight excluding hydrogens is 256 g/mol. The molecule has 1 nitrogen and oxygen atoms in total. The minimum Gasteiger partial charge on any atom is -0.320 e. The summed E-state index contributed by atoms with van der Waals surface area (Å²) in [5.74, 6) is -1.30. The van der Waals surface area contributed by atoms with E-state index in [2.05, 4.69) is 0 Å². The molecule has 2 N–H and O–H groups in total. The van der Waals surface area contributed by atoms with Gasteiger partial charge < -0.3 is 5.73 Å². The Morgan fingerprint density at radius 3 is 2.33 bits per heavy atom. The third-order valence-electron chi connectivity index (χ3n) is 2.80. The van der Waals surface area contributed by atoms with Crippen molar-refractivity contribution in [3.05, 3.63) is 69.7 Å². The fourth-order valence-corrected chi connectivity index (χ4v) is 2.09. The Kier molecular flexibility index (Phi) is 3.64. The maximum absolute atomic E-state index is 13.2. The second-order valence-corrected chi connectivity index (χ2v) is 4.54. The van der Waals surface area contributed by atoms with Crippen molar-refractivity contribution >= 4 is 11.6 Å². The number of benzene rings is 2. The van der Waals surface area contributed by atoms with Crippen LogP contribution in [0.25, 0.3) is 0 Å². The molecular formula is C14H12ClF2N. The van der Waals surface area contributed by atoms with Crippen molar-refractivity contribution in [2.45, 2.75) is 13.0 Å². The summed E-state index contributed by atoms with van der Waals surface area (Å²) in [6.45, 7) is 1.85. The van der Waals surface area contributed by atoms with Gasteiger partial charge in [-0.25, -0.2) is 8.78 Å². The molecule has 0 aliphatic heterocycles. The van der Waals surface area contributed by atoms with E-state index in [1.165, 1.54) is 12.1 Å². The van der Waals surface area contributed by atoms with Crippen molar-refractivity contribution in [2.75, 3.05) is 0 Å². The fourth-order valence-electron chi connectivity index (χ4n) is 1.84. The van der Waals surface area contributed by atoms with Crippen molar-refractivity contribution in [3.63, 3.8) is 0 Å². The molecule has 94 valence electrons. The highest BCUT2D eigenvalue weighted by atomic mass is 35.5. The summed E-state index contributed by atoms with van der Waals surface area (Å²) in [4.78, 5) is 0. The average Bonchev–Trinajstić information content (AvgIpc) is 2.30. The lowest BCUT2D eigenvalue weighted by molar-refractivity contribution is 0.577. The predicted octanol–water partition coefficient (Wildman–Crippen LogP) is 3.97.